The molecule has 2 heterocycles. The highest BCUT2D eigenvalue weighted by molar-refractivity contribution is 5.28. The van der Waals surface area contributed by atoms with E-state index in [1.807, 2.05) is 6.92 Å². The lowest BCUT2D eigenvalue weighted by molar-refractivity contribution is 0.0550. The molecule has 4 nitrogen and oxygen atoms in total. The first-order valence-electron chi connectivity index (χ1n) is 9.62. The van der Waals surface area contributed by atoms with Gasteiger partial charge in [-0.05, 0) is 56.6 Å². The second kappa shape index (κ2) is 8.58. The molecule has 3 rings (SSSR count). The molecule has 2 aliphatic rings. The third-order valence-electron chi connectivity index (χ3n) is 5.88. The second-order valence-electron chi connectivity index (χ2n) is 7.75. The molecule has 5 heteroatoms. The highest BCUT2D eigenvalue weighted by Gasteiger charge is 2.25. The number of β-amino-alcohol motifs (C(OH)–C–C–N with tert-alkyl or cyclic N) is 1. The Morgan fingerprint density at radius 2 is 1.84 bits per heavy atom. The summed E-state index contributed by atoms with van der Waals surface area (Å²) in [7, 11) is 2.25. The summed E-state index contributed by atoms with van der Waals surface area (Å²) < 4.78 is 13.2. The molecule has 0 aromatic heterocycles. The lowest BCUT2D eigenvalue weighted by Crippen LogP contribution is -2.52. The van der Waals surface area contributed by atoms with Gasteiger partial charge in [0, 0.05) is 45.3 Å². The van der Waals surface area contributed by atoms with Crippen molar-refractivity contribution in [3.8, 4) is 0 Å². The van der Waals surface area contributed by atoms with Gasteiger partial charge in [0.15, 0.2) is 0 Å². The van der Waals surface area contributed by atoms with Crippen LogP contribution in [0.4, 0.5) is 4.39 Å². The molecule has 2 saturated heterocycles. The monoisotopic (exact) mass is 349 g/mol. The zero-order chi connectivity index (χ0) is 17.8. The number of likely N-dealkylation sites (N-methyl/N-ethyl adjacent to an activating group) is 1. The van der Waals surface area contributed by atoms with Crippen LogP contribution in [0.2, 0.25) is 0 Å². The predicted octanol–water partition coefficient (Wildman–Crippen LogP) is 2.27. The van der Waals surface area contributed by atoms with Crippen molar-refractivity contribution in [3.63, 3.8) is 0 Å². The smallest absolute Gasteiger partial charge is 0.123 e. The molecule has 0 saturated carbocycles. The number of likely N-dealkylation sites (tertiary alicyclic amines) is 1. The molecule has 1 N–H and O–H groups in total. The molecule has 0 spiro atoms. The van der Waals surface area contributed by atoms with Crippen molar-refractivity contribution in [2.24, 2.45) is 0 Å². The van der Waals surface area contributed by atoms with Gasteiger partial charge in [0.2, 0.25) is 0 Å². The van der Waals surface area contributed by atoms with Crippen LogP contribution in [0.1, 0.15) is 36.5 Å². The highest BCUT2D eigenvalue weighted by Crippen LogP contribution is 2.21. The van der Waals surface area contributed by atoms with Crippen LogP contribution in [0.25, 0.3) is 0 Å². The maximum Gasteiger partial charge on any atom is 0.123 e. The number of hydrogen-bond acceptors (Lipinski definition) is 4. The number of nitrogens with zero attached hydrogens (tertiary/aromatic N) is 3. The van der Waals surface area contributed by atoms with E-state index >= 15 is 0 Å². The van der Waals surface area contributed by atoms with Gasteiger partial charge in [-0.1, -0.05) is 12.5 Å². The zero-order valence-corrected chi connectivity index (χ0v) is 15.6. The molecular weight excluding hydrogens is 317 g/mol. The fourth-order valence-electron chi connectivity index (χ4n) is 4.18. The molecule has 2 aliphatic heterocycles. The van der Waals surface area contributed by atoms with E-state index in [2.05, 4.69) is 21.7 Å². The topological polar surface area (TPSA) is 30.0 Å². The maximum atomic E-state index is 13.2. The zero-order valence-electron chi connectivity index (χ0n) is 15.6. The Hall–Kier alpha value is -1.01. The second-order valence-corrected chi connectivity index (χ2v) is 7.75. The van der Waals surface area contributed by atoms with Gasteiger partial charge in [-0.15, -0.1) is 0 Å². The predicted molar refractivity (Wildman–Crippen MR) is 99.2 cm³/mol. The van der Waals surface area contributed by atoms with Gasteiger partial charge in [-0.2, -0.15) is 0 Å². The lowest BCUT2D eigenvalue weighted by atomic mass is 10.0. The molecule has 2 fully saturated rings. The van der Waals surface area contributed by atoms with E-state index in [-0.39, 0.29) is 5.82 Å². The molecule has 1 aromatic rings. The minimum absolute atomic E-state index is 0.241. The van der Waals surface area contributed by atoms with Gasteiger partial charge >= 0.3 is 0 Å². The van der Waals surface area contributed by atoms with E-state index in [9.17, 15) is 9.50 Å². The molecule has 140 valence electrons. The van der Waals surface area contributed by atoms with Crippen LogP contribution in [-0.2, 0) is 0 Å². The van der Waals surface area contributed by atoms with Gasteiger partial charge in [0.1, 0.15) is 5.82 Å². The van der Waals surface area contributed by atoms with E-state index in [4.69, 9.17) is 0 Å². The first-order valence-corrected chi connectivity index (χ1v) is 9.62. The molecule has 2 unspecified atom stereocenters. The average Bonchev–Trinajstić information content (AvgIpc) is 2.58. The number of aliphatic hydroxyl groups excluding tert-OH is 1. The van der Waals surface area contributed by atoms with E-state index in [0.717, 1.165) is 37.3 Å². The fraction of sp³-hybridized carbons (Fsp3) is 0.700. The van der Waals surface area contributed by atoms with Gasteiger partial charge in [-0.25, -0.2) is 4.39 Å². The third kappa shape index (κ3) is 5.00. The summed E-state index contributed by atoms with van der Waals surface area (Å²) in [6.45, 7) is 9.02. The summed E-state index contributed by atoms with van der Waals surface area (Å²) in [5.41, 5.74) is 1.67. The summed E-state index contributed by atoms with van der Waals surface area (Å²) >= 11 is 0. The highest BCUT2D eigenvalue weighted by atomic mass is 19.1. The first kappa shape index (κ1) is 18.8. The lowest BCUT2D eigenvalue weighted by Gasteiger charge is -2.40. The fourth-order valence-corrected chi connectivity index (χ4v) is 4.18. The Morgan fingerprint density at radius 1 is 1.12 bits per heavy atom. The molecular formula is C20H32FN3O. The average molecular weight is 349 g/mol. The van der Waals surface area contributed by atoms with Crippen molar-refractivity contribution >= 4 is 0 Å². The number of aryl methyl sites for hydroxylation is 1. The van der Waals surface area contributed by atoms with E-state index < -0.39 is 6.10 Å². The van der Waals surface area contributed by atoms with Crippen LogP contribution >= 0.6 is 0 Å². The van der Waals surface area contributed by atoms with Gasteiger partial charge in [0.05, 0.1) is 6.10 Å². The minimum atomic E-state index is -0.545. The molecule has 0 bridgehead atoms. The SMILES string of the molecule is Cc1cc(F)ccc1C(O)CN1CCN(CC2CCCCN2C)CC1. The number of piperidine rings is 1. The van der Waals surface area contributed by atoms with Crippen molar-refractivity contribution < 1.29 is 9.50 Å². The van der Waals surface area contributed by atoms with Crippen molar-refractivity contribution in [3.05, 3.63) is 35.1 Å². The number of halogens is 1. The Balaban J connectivity index is 1.45. The number of benzene rings is 1. The summed E-state index contributed by atoms with van der Waals surface area (Å²) in [4.78, 5) is 7.41. The Morgan fingerprint density at radius 3 is 2.52 bits per heavy atom. The van der Waals surface area contributed by atoms with E-state index in [0.29, 0.717) is 12.6 Å². The van der Waals surface area contributed by atoms with Crippen LogP contribution in [-0.4, -0.2) is 78.7 Å². The largest absolute Gasteiger partial charge is 0.387 e. The van der Waals surface area contributed by atoms with Crippen LogP contribution < -0.4 is 0 Å². The Kier molecular flexibility index (Phi) is 6.44. The van der Waals surface area contributed by atoms with Crippen LogP contribution in [0.3, 0.4) is 0 Å². The number of aliphatic hydroxyl groups is 1. The van der Waals surface area contributed by atoms with Crippen molar-refractivity contribution in [1.82, 2.24) is 14.7 Å². The van der Waals surface area contributed by atoms with Crippen LogP contribution in [0.15, 0.2) is 18.2 Å². The summed E-state index contributed by atoms with van der Waals surface area (Å²) in [5, 5.41) is 10.5. The minimum Gasteiger partial charge on any atom is -0.387 e. The van der Waals surface area contributed by atoms with Crippen molar-refractivity contribution in [1.29, 1.82) is 0 Å². The summed E-state index contributed by atoms with van der Waals surface area (Å²) in [5.74, 6) is -0.241. The van der Waals surface area contributed by atoms with Crippen molar-refractivity contribution in [2.75, 3.05) is 52.9 Å². The standard InChI is InChI=1S/C20H32FN3O/c1-16-13-17(21)6-7-19(16)20(25)15-24-11-9-23(10-12-24)14-18-5-3-4-8-22(18)2/h6-7,13,18,20,25H,3-5,8-12,14-15H2,1-2H3. The Bertz CT molecular complexity index is 560. The van der Waals surface area contributed by atoms with E-state index in [1.54, 1.807) is 6.07 Å². The number of piperazine rings is 1. The molecule has 2 atom stereocenters. The van der Waals surface area contributed by atoms with Gasteiger partial charge in [-0.3, -0.25) is 9.80 Å². The van der Waals surface area contributed by atoms with Gasteiger partial charge in [0.25, 0.3) is 0 Å². The van der Waals surface area contributed by atoms with Crippen LogP contribution in [0.5, 0.6) is 0 Å². The molecule has 0 radical (unpaired) electrons. The van der Waals surface area contributed by atoms with Gasteiger partial charge < -0.3 is 10.0 Å². The normalized spacial score (nSPS) is 25.2. The Labute approximate surface area is 151 Å². The summed E-state index contributed by atoms with van der Waals surface area (Å²) in [6, 6.07) is 5.35. The third-order valence-corrected chi connectivity index (χ3v) is 5.88. The number of hydrogen-bond donors (Lipinski definition) is 1. The molecule has 25 heavy (non-hydrogen) atoms. The molecule has 0 amide bonds. The molecule has 1 aromatic carbocycles. The molecule has 0 aliphatic carbocycles. The quantitative estimate of drug-likeness (QED) is 0.883. The summed E-state index contributed by atoms with van der Waals surface area (Å²) in [6.07, 6.45) is 3.47. The maximum absolute atomic E-state index is 13.2. The first-order chi connectivity index (χ1) is 12.0. The van der Waals surface area contributed by atoms with E-state index in [1.165, 1.54) is 44.5 Å². The van der Waals surface area contributed by atoms with Crippen LogP contribution in [0, 0.1) is 12.7 Å². The number of rotatable bonds is 5. The van der Waals surface area contributed by atoms with Crippen molar-refractivity contribution in [2.45, 2.75) is 38.3 Å².